The molecular weight excluding hydrogens is 316 g/mol. The minimum atomic E-state index is -1.20. The van der Waals surface area contributed by atoms with Crippen molar-refractivity contribution in [3.05, 3.63) is 34.3 Å². The van der Waals surface area contributed by atoms with Gasteiger partial charge >= 0.3 is 5.97 Å². The molecule has 0 aliphatic rings. The molecule has 7 heteroatoms. The van der Waals surface area contributed by atoms with E-state index in [0.717, 1.165) is 0 Å². The van der Waals surface area contributed by atoms with Crippen LogP contribution in [-0.2, 0) is 9.59 Å². The van der Waals surface area contributed by atoms with Crippen molar-refractivity contribution in [1.82, 2.24) is 5.32 Å². The van der Waals surface area contributed by atoms with E-state index in [1.54, 1.807) is 24.3 Å². The van der Waals surface area contributed by atoms with E-state index in [9.17, 15) is 14.4 Å². The molecule has 19 heavy (non-hydrogen) atoms. The number of primary amides is 1. The van der Waals surface area contributed by atoms with E-state index in [-0.39, 0.29) is 12.8 Å². The van der Waals surface area contributed by atoms with Crippen molar-refractivity contribution in [3.63, 3.8) is 0 Å². The lowest BCUT2D eigenvalue weighted by molar-refractivity contribution is -0.139. The third kappa shape index (κ3) is 5.09. The van der Waals surface area contributed by atoms with Crippen LogP contribution in [0.4, 0.5) is 0 Å². The van der Waals surface area contributed by atoms with Crippen LogP contribution in [0, 0.1) is 0 Å². The molecule has 0 aliphatic heterocycles. The summed E-state index contributed by atoms with van der Waals surface area (Å²) in [4.78, 5) is 33.5. The molecule has 1 aromatic carbocycles. The lowest BCUT2D eigenvalue weighted by atomic mass is 10.1. The summed E-state index contributed by atoms with van der Waals surface area (Å²) < 4.78 is 0.712. The fourth-order valence-electron chi connectivity index (χ4n) is 1.42. The molecule has 102 valence electrons. The molecule has 2 amide bonds. The van der Waals surface area contributed by atoms with E-state index >= 15 is 0 Å². The van der Waals surface area contributed by atoms with Crippen LogP contribution in [0.1, 0.15) is 23.2 Å². The summed E-state index contributed by atoms with van der Waals surface area (Å²) in [5.74, 6) is -2.33. The molecule has 0 radical (unpaired) electrons. The smallest absolute Gasteiger partial charge is 0.326 e. The number of carbonyl (C=O) groups is 3. The van der Waals surface area contributed by atoms with Crippen LogP contribution < -0.4 is 11.1 Å². The Hall–Kier alpha value is -1.89. The van der Waals surface area contributed by atoms with Gasteiger partial charge in [-0.3, -0.25) is 9.59 Å². The standard InChI is InChI=1S/C12H13BrN2O4/c13-8-3-1-2-7(6-8)11(17)15-9(12(18)19)4-5-10(14)16/h1-3,6,9H,4-5H2,(H2,14,16)(H,15,17)(H,18,19)/t9-/m0/s1. The van der Waals surface area contributed by atoms with Gasteiger partial charge in [-0.2, -0.15) is 0 Å². The number of halogens is 1. The number of nitrogens with one attached hydrogen (secondary N) is 1. The highest BCUT2D eigenvalue weighted by Crippen LogP contribution is 2.12. The summed E-state index contributed by atoms with van der Waals surface area (Å²) in [7, 11) is 0. The van der Waals surface area contributed by atoms with Gasteiger partial charge in [0.1, 0.15) is 6.04 Å². The van der Waals surface area contributed by atoms with Crippen LogP contribution in [0.15, 0.2) is 28.7 Å². The Morgan fingerprint density at radius 1 is 1.37 bits per heavy atom. The third-order valence-electron chi connectivity index (χ3n) is 2.37. The number of carbonyl (C=O) groups excluding carboxylic acids is 2. The van der Waals surface area contributed by atoms with Gasteiger partial charge in [-0.15, -0.1) is 0 Å². The molecule has 0 spiro atoms. The van der Waals surface area contributed by atoms with Crippen LogP contribution in [0.5, 0.6) is 0 Å². The van der Waals surface area contributed by atoms with E-state index in [1.807, 2.05) is 0 Å². The zero-order chi connectivity index (χ0) is 14.4. The molecule has 4 N–H and O–H groups in total. The van der Waals surface area contributed by atoms with E-state index in [0.29, 0.717) is 10.0 Å². The summed E-state index contributed by atoms with van der Waals surface area (Å²) in [6.07, 6.45) is -0.139. The monoisotopic (exact) mass is 328 g/mol. The number of hydrogen-bond acceptors (Lipinski definition) is 3. The summed E-state index contributed by atoms with van der Waals surface area (Å²) in [6.45, 7) is 0. The fourth-order valence-corrected chi connectivity index (χ4v) is 1.81. The molecule has 0 saturated carbocycles. The van der Waals surface area contributed by atoms with Crippen LogP contribution in [0.2, 0.25) is 0 Å². The molecule has 0 aliphatic carbocycles. The summed E-state index contributed by atoms with van der Waals surface area (Å²) in [5, 5.41) is 11.3. The Morgan fingerprint density at radius 2 is 2.05 bits per heavy atom. The number of carboxylic acid groups (broad SMARTS) is 1. The lowest BCUT2D eigenvalue weighted by Crippen LogP contribution is -2.41. The van der Waals surface area contributed by atoms with E-state index < -0.39 is 23.8 Å². The van der Waals surface area contributed by atoms with Crippen molar-refractivity contribution < 1.29 is 19.5 Å². The van der Waals surface area contributed by atoms with Crippen LogP contribution in [0.3, 0.4) is 0 Å². The highest BCUT2D eigenvalue weighted by molar-refractivity contribution is 9.10. The second kappa shape index (κ2) is 6.89. The Morgan fingerprint density at radius 3 is 2.58 bits per heavy atom. The van der Waals surface area contributed by atoms with Crippen LogP contribution >= 0.6 is 15.9 Å². The van der Waals surface area contributed by atoms with Crippen molar-refractivity contribution >= 4 is 33.7 Å². The minimum Gasteiger partial charge on any atom is -0.480 e. The van der Waals surface area contributed by atoms with Gasteiger partial charge in [0.25, 0.3) is 5.91 Å². The Kier molecular flexibility index (Phi) is 5.50. The van der Waals surface area contributed by atoms with Gasteiger partial charge in [-0.05, 0) is 24.6 Å². The number of rotatable bonds is 6. The Labute approximate surface area is 118 Å². The van der Waals surface area contributed by atoms with Crippen molar-refractivity contribution in [2.45, 2.75) is 18.9 Å². The zero-order valence-corrected chi connectivity index (χ0v) is 11.5. The third-order valence-corrected chi connectivity index (χ3v) is 2.86. The molecule has 1 rings (SSSR count). The van der Waals surface area contributed by atoms with E-state index in [2.05, 4.69) is 21.2 Å². The average Bonchev–Trinajstić information content (AvgIpc) is 2.33. The lowest BCUT2D eigenvalue weighted by Gasteiger charge is -2.13. The van der Waals surface area contributed by atoms with Crippen molar-refractivity contribution in [2.75, 3.05) is 0 Å². The molecule has 1 aromatic rings. The van der Waals surface area contributed by atoms with Crippen molar-refractivity contribution in [3.8, 4) is 0 Å². The topological polar surface area (TPSA) is 109 Å². The van der Waals surface area contributed by atoms with Crippen LogP contribution in [-0.4, -0.2) is 28.9 Å². The molecule has 0 unspecified atom stereocenters. The first kappa shape index (κ1) is 15.2. The zero-order valence-electron chi connectivity index (χ0n) is 9.93. The molecule has 0 fully saturated rings. The molecular formula is C12H13BrN2O4. The van der Waals surface area contributed by atoms with Gasteiger partial charge in [-0.25, -0.2) is 4.79 Å². The predicted octanol–water partition coefficient (Wildman–Crippen LogP) is 0.898. The number of amides is 2. The number of hydrogen-bond donors (Lipinski definition) is 3. The fraction of sp³-hybridized carbons (Fsp3) is 0.250. The molecule has 1 atom stereocenters. The predicted molar refractivity (Wildman–Crippen MR) is 71.5 cm³/mol. The van der Waals surface area contributed by atoms with Gasteiger partial charge < -0.3 is 16.2 Å². The molecule has 0 saturated heterocycles. The summed E-state index contributed by atoms with van der Waals surface area (Å²) in [5.41, 5.74) is 5.28. The van der Waals surface area contributed by atoms with Gasteiger partial charge in [0.15, 0.2) is 0 Å². The van der Waals surface area contributed by atoms with Gasteiger partial charge in [-0.1, -0.05) is 22.0 Å². The van der Waals surface area contributed by atoms with Crippen LogP contribution in [0.25, 0.3) is 0 Å². The second-order valence-corrected chi connectivity index (χ2v) is 4.80. The molecule has 0 aromatic heterocycles. The molecule has 6 nitrogen and oxygen atoms in total. The van der Waals surface area contributed by atoms with Crippen molar-refractivity contribution in [2.24, 2.45) is 5.73 Å². The van der Waals surface area contributed by atoms with Crippen molar-refractivity contribution in [1.29, 1.82) is 0 Å². The normalized spacial score (nSPS) is 11.6. The maximum absolute atomic E-state index is 11.8. The first-order valence-corrected chi connectivity index (χ1v) is 6.27. The number of carboxylic acids is 1. The Bertz CT molecular complexity index is 504. The quantitative estimate of drug-likeness (QED) is 0.720. The highest BCUT2D eigenvalue weighted by atomic mass is 79.9. The average molecular weight is 329 g/mol. The van der Waals surface area contributed by atoms with E-state index in [1.165, 1.54) is 0 Å². The molecule has 0 heterocycles. The first-order valence-electron chi connectivity index (χ1n) is 5.47. The van der Waals surface area contributed by atoms with Gasteiger partial charge in [0.05, 0.1) is 0 Å². The summed E-state index contributed by atoms with van der Waals surface area (Å²) >= 11 is 3.22. The number of benzene rings is 1. The number of nitrogens with two attached hydrogens (primary N) is 1. The largest absolute Gasteiger partial charge is 0.480 e. The first-order chi connectivity index (χ1) is 8.90. The van der Waals surface area contributed by atoms with Gasteiger partial charge in [0, 0.05) is 16.5 Å². The SMILES string of the molecule is NC(=O)CC[C@H](NC(=O)c1cccc(Br)c1)C(=O)O. The maximum atomic E-state index is 11.8. The molecule has 0 bridgehead atoms. The number of aliphatic carboxylic acids is 1. The van der Waals surface area contributed by atoms with E-state index in [4.69, 9.17) is 10.8 Å². The summed E-state index contributed by atoms with van der Waals surface area (Å²) in [6, 6.07) is 5.41. The second-order valence-electron chi connectivity index (χ2n) is 3.88. The Balaban J connectivity index is 2.71. The highest BCUT2D eigenvalue weighted by Gasteiger charge is 2.21. The minimum absolute atomic E-state index is 0.0373. The van der Waals surface area contributed by atoms with Gasteiger partial charge in [0.2, 0.25) is 5.91 Å². The maximum Gasteiger partial charge on any atom is 0.326 e.